The fraction of sp³-hybridized carbons (Fsp3) is 0.130. The maximum Gasteiger partial charge on any atom is 0.331 e. The van der Waals surface area contributed by atoms with Gasteiger partial charge in [0.25, 0.3) is 5.91 Å². The van der Waals surface area contributed by atoms with Crippen LogP contribution in [0.15, 0.2) is 65.3 Å². The lowest BCUT2D eigenvalue weighted by atomic mass is 10.1. The summed E-state index contributed by atoms with van der Waals surface area (Å²) < 4.78 is 5.83. The highest BCUT2D eigenvalue weighted by molar-refractivity contribution is 9.10. The van der Waals surface area contributed by atoms with Gasteiger partial charge in [-0.1, -0.05) is 40.2 Å². The Labute approximate surface area is 187 Å². The molecule has 0 fully saturated rings. The highest BCUT2D eigenvalue weighted by Crippen LogP contribution is 2.20. The summed E-state index contributed by atoms with van der Waals surface area (Å²) in [7, 11) is 0. The van der Waals surface area contributed by atoms with Crippen molar-refractivity contribution in [1.29, 1.82) is 0 Å². The normalized spacial score (nSPS) is 10.8. The standard InChI is InChI=1S/C23H20BrN3O4/c1-15-12-18(24)8-9-19(15)27-20(28)13-26-21(29)14-31-22(30)10-7-17-5-2-4-16-6-3-11-25-23(16)17/h2-12H,13-14H2,1H3,(H,26,29)(H,27,28)/b10-7+. The van der Waals surface area contributed by atoms with E-state index in [1.54, 1.807) is 18.3 Å². The van der Waals surface area contributed by atoms with E-state index >= 15 is 0 Å². The number of hydrogen-bond donors (Lipinski definition) is 2. The maximum absolute atomic E-state index is 12.0. The third kappa shape index (κ3) is 6.48. The Hall–Kier alpha value is -3.52. The molecular weight excluding hydrogens is 462 g/mol. The number of esters is 1. The number of fused-ring (bicyclic) bond motifs is 1. The predicted octanol–water partition coefficient (Wildman–Crippen LogP) is 3.62. The number of aromatic nitrogens is 1. The molecule has 1 aromatic heterocycles. The van der Waals surface area contributed by atoms with E-state index in [-0.39, 0.29) is 12.5 Å². The van der Waals surface area contributed by atoms with Gasteiger partial charge in [-0.15, -0.1) is 0 Å². The highest BCUT2D eigenvalue weighted by atomic mass is 79.9. The van der Waals surface area contributed by atoms with Gasteiger partial charge in [-0.3, -0.25) is 14.6 Å². The number of para-hydroxylation sites is 1. The smallest absolute Gasteiger partial charge is 0.331 e. The Morgan fingerprint density at radius 3 is 2.71 bits per heavy atom. The summed E-state index contributed by atoms with van der Waals surface area (Å²) in [6.07, 6.45) is 4.50. The zero-order valence-corrected chi connectivity index (χ0v) is 18.3. The summed E-state index contributed by atoms with van der Waals surface area (Å²) in [5, 5.41) is 6.08. The van der Waals surface area contributed by atoms with Crippen LogP contribution >= 0.6 is 15.9 Å². The molecule has 0 spiro atoms. The van der Waals surface area contributed by atoms with Crippen molar-refractivity contribution in [2.45, 2.75) is 6.92 Å². The number of carbonyl (C=O) groups is 3. The molecule has 3 aromatic rings. The number of benzene rings is 2. The van der Waals surface area contributed by atoms with Crippen molar-refractivity contribution in [3.8, 4) is 0 Å². The summed E-state index contributed by atoms with van der Waals surface area (Å²) >= 11 is 3.36. The molecule has 7 nitrogen and oxygen atoms in total. The second-order valence-electron chi connectivity index (χ2n) is 6.65. The minimum absolute atomic E-state index is 0.233. The van der Waals surface area contributed by atoms with Gasteiger partial charge in [0, 0.05) is 33.4 Å². The van der Waals surface area contributed by atoms with Crippen LogP contribution in [0.1, 0.15) is 11.1 Å². The average molecular weight is 482 g/mol. The molecule has 2 amide bonds. The zero-order valence-electron chi connectivity index (χ0n) is 16.7. The molecule has 0 saturated carbocycles. The number of nitrogens with one attached hydrogen (secondary N) is 2. The first-order chi connectivity index (χ1) is 14.9. The summed E-state index contributed by atoms with van der Waals surface area (Å²) in [4.78, 5) is 40.1. The van der Waals surface area contributed by atoms with Crippen molar-refractivity contribution in [2.75, 3.05) is 18.5 Å². The van der Waals surface area contributed by atoms with Crippen molar-refractivity contribution >= 4 is 56.4 Å². The van der Waals surface area contributed by atoms with Crippen LogP contribution in [0.25, 0.3) is 17.0 Å². The van der Waals surface area contributed by atoms with Gasteiger partial charge in [-0.05, 0) is 42.8 Å². The lowest BCUT2D eigenvalue weighted by Gasteiger charge is -2.09. The number of halogens is 1. The first-order valence-electron chi connectivity index (χ1n) is 9.43. The third-order valence-electron chi connectivity index (χ3n) is 4.32. The Bertz CT molecular complexity index is 1160. The minimum Gasteiger partial charge on any atom is -0.452 e. The van der Waals surface area contributed by atoms with Gasteiger partial charge < -0.3 is 15.4 Å². The number of pyridine rings is 1. The summed E-state index contributed by atoms with van der Waals surface area (Å²) in [6.45, 7) is 1.14. The van der Waals surface area contributed by atoms with Gasteiger partial charge in [0.1, 0.15) is 0 Å². The second-order valence-corrected chi connectivity index (χ2v) is 7.56. The Balaban J connectivity index is 1.44. The number of anilines is 1. The summed E-state index contributed by atoms with van der Waals surface area (Å²) in [5.74, 6) is -1.62. The molecule has 0 aliphatic carbocycles. The topological polar surface area (TPSA) is 97.4 Å². The van der Waals surface area contributed by atoms with Crippen molar-refractivity contribution in [1.82, 2.24) is 10.3 Å². The molecule has 0 unspecified atom stereocenters. The average Bonchev–Trinajstić information content (AvgIpc) is 2.76. The van der Waals surface area contributed by atoms with Crippen molar-refractivity contribution in [3.63, 3.8) is 0 Å². The molecule has 31 heavy (non-hydrogen) atoms. The largest absolute Gasteiger partial charge is 0.452 e. The van der Waals surface area contributed by atoms with E-state index in [0.29, 0.717) is 5.69 Å². The van der Waals surface area contributed by atoms with Gasteiger partial charge in [0.2, 0.25) is 5.91 Å². The number of nitrogens with zero attached hydrogens (tertiary/aromatic N) is 1. The molecule has 0 radical (unpaired) electrons. The van der Waals surface area contributed by atoms with E-state index in [0.717, 1.165) is 26.5 Å². The minimum atomic E-state index is -0.668. The van der Waals surface area contributed by atoms with Crippen molar-refractivity contribution in [3.05, 3.63) is 76.4 Å². The van der Waals surface area contributed by atoms with Gasteiger partial charge in [-0.25, -0.2) is 4.79 Å². The quantitative estimate of drug-likeness (QED) is 0.396. The van der Waals surface area contributed by atoms with E-state index in [9.17, 15) is 14.4 Å². The lowest BCUT2D eigenvalue weighted by Crippen LogP contribution is -2.35. The molecule has 158 valence electrons. The Morgan fingerprint density at radius 2 is 1.90 bits per heavy atom. The number of aryl methyl sites for hydroxylation is 1. The van der Waals surface area contributed by atoms with Crippen LogP contribution < -0.4 is 10.6 Å². The van der Waals surface area contributed by atoms with Crippen molar-refractivity contribution in [2.24, 2.45) is 0 Å². The number of carbonyl (C=O) groups excluding carboxylic acids is 3. The molecule has 2 N–H and O–H groups in total. The van der Waals surface area contributed by atoms with Crippen LogP contribution in [-0.2, 0) is 19.1 Å². The molecule has 0 bridgehead atoms. The molecule has 2 aromatic carbocycles. The van der Waals surface area contributed by atoms with Gasteiger partial charge in [0.05, 0.1) is 12.1 Å². The van der Waals surface area contributed by atoms with Crippen LogP contribution in [0.2, 0.25) is 0 Å². The molecule has 0 aliphatic rings. The van der Waals surface area contributed by atoms with E-state index in [4.69, 9.17) is 4.74 Å². The van der Waals surface area contributed by atoms with E-state index in [2.05, 4.69) is 31.5 Å². The van der Waals surface area contributed by atoms with Gasteiger partial charge in [0.15, 0.2) is 6.61 Å². The second kappa shape index (κ2) is 10.5. The third-order valence-corrected chi connectivity index (χ3v) is 4.81. The van der Waals surface area contributed by atoms with Gasteiger partial charge >= 0.3 is 5.97 Å². The molecule has 0 aliphatic heterocycles. The maximum atomic E-state index is 12.0. The van der Waals surface area contributed by atoms with Crippen LogP contribution in [0.5, 0.6) is 0 Å². The van der Waals surface area contributed by atoms with Gasteiger partial charge in [-0.2, -0.15) is 0 Å². The number of rotatable bonds is 7. The molecular formula is C23H20BrN3O4. The molecule has 1 heterocycles. The SMILES string of the molecule is Cc1cc(Br)ccc1NC(=O)CNC(=O)COC(=O)/C=C/c1cccc2cccnc12. The summed E-state index contributed by atoms with van der Waals surface area (Å²) in [5.41, 5.74) is 3.07. The zero-order chi connectivity index (χ0) is 22.2. The Kier molecular flexibility index (Phi) is 7.50. The van der Waals surface area contributed by atoms with Crippen LogP contribution in [0.3, 0.4) is 0 Å². The Morgan fingerprint density at radius 1 is 1.10 bits per heavy atom. The summed E-state index contributed by atoms with van der Waals surface area (Å²) in [6, 6.07) is 14.8. The number of amides is 2. The monoisotopic (exact) mass is 481 g/mol. The van der Waals surface area contributed by atoms with E-state index < -0.39 is 18.5 Å². The fourth-order valence-electron chi connectivity index (χ4n) is 2.80. The molecule has 8 heteroatoms. The first-order valence-corrected chi connectivity index (χ1v) is 10.2. The van der Waals surface area contributed by atoms with Crippen molar-refractivity contribution < 1.29 is 19.1 Å². The molecule has 3 rings (SSSR count). The first kappa shape index (κ1) is 22.2. The fourth-order valence-corrected chi connectivity index (χ4v) is 3.27. The molecule has 0 atom stereocenters. The number of ether oxygens (including phenoxy) is 1. The molecule has 0 saturated heterocycles. The van der Waals surface area contributed by atoms with E-state index in [1.165, 1.54) is 6.08 Å². The number of hydrogen-bond acceptors (Lipinski definition) is 5. The van der Waals surface area contributed by atoms with Crippen LogP contribution in [-0.4, -0.2) is 35.9 Å². The van der Waals surface area contributed by atoms with E-state index in [1.807, 2.05) is 49.4 Å². The lowest BCUT2D eigenvalue weighted by molar-refractivity contribution is -0.143. The predicted molar refractivity (Wildman–Crippen MR) is 122 cm³/mol. The highest BCUT2D eigenvalue weighted by Gasteiger charge is 2.09. The van der Waals surface area contributed by atoms with Crippen LogP contribution in [0, 0.1) is 6.92 Å². The van der Waals surface area contributed by atoms with Crippen LogP contribution in [0.4, 0.5) is 5.69 Å².